The Bertz CT molecular complexity index is 887. The van der Waals surface area contributed by atoms with E-state index in [0.29, 0.717) is 6.42 Å². The topological polar surface area (TPSA) is 66.6 Å². The second kappa shape index (κ2) is 7.96. The highest BCUT2D eigenvalue weighted by Crippen LogP contribution is 2.33. The van der Waals surface area contributed by atoms with Gasteiger partial charge in [0.05, 0.1) is 17.3 Å². The molecular weight excluding hydrogens is 360 g/mol. The molecule has 0 bridgehead atoms. The maximum absolute atomic E-state index is 13.0. The van der Waals surface area contributed by atoms with Gasteiger partial charge in [0.15, 0.2) is 5.76 Å². The molecule has 1 N–H and O–H groups in total. The zero-order valence-electron chi connectivity index (χ0n) is 15.0. The van der Waals surface area contributed by atoms with Gasteiger partial charge in [0.2, 0.25) is 5.91 Å². The number of phenols is 1. The van der Waals surface area contributed by atoms with E-state index in [1.165, 1.54) is 0 Å². The first-order valence-corrected chi connectivity index (χ1v) is 10.2. The Labute approximate surface area is 162 Å². The number of rotatable bonds is 4. The minimum atomic E-state index is -0.0467. The number of hydrogen-bond acceptors (Lipinski definition) is 5. The minimum Gasteiger partial charge on any atom is -0.508 e. The molecule has 1 amide bonds. The molecule has 4 rings (SSSR count). The third kappa shape index (κ3) is 4.06. The molecule has 2 aromatic heterocycles. The summed E-state index contributed by atoms with van der Waals surface area (Å²) in [6.45, 7) is 0.739. The van der Waals surface area contributed by atoms with E-state index < -0.39 is 0 Å². The summed E-state index contributed by atoms with van der Waals surface area (Å²) in [4.78, 5) is 16.0. The van der Waals surface area contributed by atoms with Crippen molar-refractivity contribution in [3.05, 3.63) is 59.1 Å². The van der Waals surface area contributed by atoms with Gasteiger partial charge < -0.3 is 14.5 Å². The van der Waals surface area contributed by atoms with Crippen molar-refractivity contribution in [3.8, 4) is 16.4 Å². The van der Waals surface area contributed by atoms with Gasteiger partial charge in [-0.3, -0.25) is 4.79 Å². The van der Waals surface area contributed by atoms with Crippen molar-refractivity contribution in [1.29, 1.82) is 0 Å². The van der Waals surface area contributed by atoms with Crippen LogP contribution in [0.25, 0.3) is 10.6 Å². The number of thiophene rings is 1. The summed E-state index contributed by atoms with van der Waals surface area (Å²) in [6.07, 6.45) is 4.43. The number of carbonyl (C=O) groups is 1. The number of likely N-dealkylation sites (tertiary alicyclic amines) is 1. The number of benzene rings is 1. The van der Waals surface area contributed by atoms with Crippen molar-refractivity contribution in [1.82, 2.24) is 10.1 Å². The van der Waals surface area contributed by atoms with Crippen molar-refractivity contribution in [2.75, 3.05) is 6.54 Å². The largest absolute Gasteiger partial charge is 0.508 e. The quantitative estimate of drug-likeness (QED) is 0.704. The maximum atomic E-state index is 13.0. The highest BCUT2D eigenvalue weighted by atomic mass is 32.1. The molecule has 0 saturated carbocycles. The number of carbonyl (C=O) groups excluding carboxylic acids is 1. The summed E-state index contributed by atoms with van der Waals surface area (Å²) >= 11 is 1.62. The Morgan fingerprint density at radius 3 is 2.85 bits per heavy atom. The predicted octanol–water partition coefficient (Wildman–Crippen LogP) is 4.80. The van der Waals surface area contributed by atoms with Crippen LogP contribution in [0.4, 0.5) is 0 Å². The van der Waals surface area contributed by atoms with Gasteiger partial charge in [0.25, 0.3) is 0 Å². The second-order valence-corrected chi connectivity index (χ2v) is 7.84. The average Bonchev–Trinajstić information content (AvgIpc) is 3.31. The molecule has 1 aliphatic rings. The lowest BCUT2D eigenvalue weighted by molar-refractivity contribution is -0.133. The highest BCUT2D eigenvalue weighted by molar-refractivity contribution is 7.13. The Balaban J connectivity index is 1.55. The Morgan fingerprint density at radius 2 is 2.07 bits per heavy atom. The highest BCUT2D eigenvalue weighted by Gasteiger charge is 2.29. The van der Waals surface area contributed by atoms with Gasteiger partial charge in [-0.25, -0.2) is 0 Å². The van der Waals surface area contributed by atoms with E-state index >= 15 is 0 Å². The maximum Gasteiger partial charge on any atom is 0.227 e. The third-order valence-electron chi connectivity index (χ3n) is 5.00. The Morgan fingerprint density at radius 1 is 1.22 bits per heavy atom. The van der Waals surface area contributed by atoms with Crippen molar-refractivity contribution in [3.63, 3.8) is 0 Å². The zero-order chi connectivity index (χ0) is 18.6. The van der Waals surface area contributed by atoms with Crippen LogP contribution < -0.4 is 0 Å². The van der Waals surface area contributed by atoms with Gasteiger partial charge in [0, 0.05) is 12.6 Å². The number of hydrogen-bond donors (Lipinski definition) is 1. The van der Waals surface area contributed by atoms with Crippen molar-refractivity contribution in [2.24, 2.45) is 0 Å². The lowest BCUT2D eigenvalue weighted by atomic mass is 10.0. The predicted molar refractivity (Wildman–Crippen MR) is 105 cm³/mol. The van der Waals surface area contributed by atoms with E-state index in [-0.39, 0.29) is 17.7 Å². The summed E-state index contributed by atoms with van der Waals surface area (Å²) < 4.78 is 5.56. The Hall–Kier alpha value is -2.60. The van der Waals surface area contributed by atoms with Crippen LogP contribution in [0.2, 0.25) is 0 Å². The van der Waals surface area contributed by atoms with Crippen LogP contribution >= 0.6 is 11.3 Å². The molecule has 5 nitrogen and oxygen atoms in total. The molecule has 0 radical (unpaired) electrons. The van der Waals surface area contributed by atoms with Gasteiger partial charge >= 0.3 is 0 Å². The average molecular weight is 382 g/mol. The summed E-state index contributed by atoms with van der Waals surface area (Å²) in [7, 11) is 0. The van der Waals surface area contributed by atoms with Crippen LogP contribution in [0.1, 0.15) is 43.0 Å². The smallest absolute Gasteiger partial charge is 0.227 e. The Kier molecular flexibility index (Phi) is 5.25. The fourth-order valence-electron chi connectivity index (χ4n) is 3.59. The summed E-state index contributed by atoms with van der Waals surface area (Å²) in [5.74, 6) is 1.06. The molecule has 1 atom stereocenters. The lowest BCUT2D eigenvalue weighted by Crippen LogP contribution is -2.36. The first-order valence-electron chi connectivity index (χ1n) is 9.28. The molecule has 0 spiro atoms. The number of aromatic nitrogens is 1. The van der Waals surface area contributed by atoms with Crippen LogP contribution in [0.15, 0.2) is 52.4 Å². The molecule has 1 fully saturated rings. The van der Waals surface area contributed by atoms with E-state index in [4.69, 9.17) is 4.52 Å². The first kappa shape index (κ1) is 17.8. The van der Waals surface area contributed by atoms with Crippen LogP contribution in [0.3, 0.4) is 0 Å². The fourth-order valence-corrected chi connectivity index (χ4v) is 4.26. The van der Waals surface area contributed by atoms with Gasteiger partial charge in [-0.05, 0) is 42.0 Å². The second-order valence-electron chi connectivity index (χ2n) is 6.89. The molecule has 3 heterocycles. The van der Waals surface area contributed by atoms with E-state index in [0.717, 1.165) is 54.1 Å². The molecule has 3 aromatic rings. The third-order valence-corrected chi connectivity index (χ3v) is 5.88. The van der Waals surface area contributed by atoms with Crippen LogP contribution in [0, 0.1) is 0 Å². The monoisotopic (exact) mass is 382 g/mol. The van der Waals surface area contributed by atoms with E-state index in [2.05, 4.69) is 5.16 Å². The van der Waals surface area contributed by atoms with E-state index in [9.17, 15) is 9.90 Å². The standard InChI is InChI=1S/C21H22N2O3S/c24-16-9-7-15(8-10-16)13-21(25)23-11-3-1-2-5-18(23)17-14-19(26-22-17)20-6-4-12-27-20/h4,6-10,12,14,18,24H,1-3,5,11,13H2/t18-/m0/s1. The summed E-state index contributed by atoms with van der Waals surface area (Å²) in [5.41, 5.74) is 1.74. The molecule has 1 aromatic carbocycles. The van der Waals surface area contributed by atoms with Gasteiger partial charge in [0.1, 0.15) is 11.4 Å². The van der Waals surface area contributed by atoms with Crippen molar-refractivity contribution < 1.29 is 14.4 Å². The van der Waals surface area contributed by atoms with Crippen LogP contribution in [-0.4, -0.2) is 27.6 Å². The number of aromatic hydroxyl groups is 1. The summed E-state index contributed by atoms with van der Waals surface area (Å²) in [5, 5.41) is 15.7. The number of amides is 1. The van der Waals surface area contributed by atoms with Gasteiger partial charge in [-0.1, -0.05) is 36.2 Å². The molecule has 1 aliphatic heterocycles. The van der Waals surface area contributed by atoms with Crippen LogP contribution in [0.5, 0.6) is 5.75 Å². The van der Waals surface area contributed by atoms with Crippen molar-refractivity contribution in [2.45, 2.75) is 38.1 Å². The molecule has 140 valence electrons. The SMILES string of the molecule is O=C(Cc1ccc(O)cc1)N1CCCCC[C@H]1c1cc(-c2cccs2)on1. The molecule has 6 heteroatoms. The molecule has 1 saturated heterocycles. The molecule has 27 heavy (non-hydrogen) atoms. The normalized spacial score (nSPS) is 17.6. The van der Waals surface area contributed by atoms with E-state index in [1.807, 2.05) is 28.5 Å². The molecule has 0 unspecified atom stereocenters. The molecular formula is C21H22N2O3S. The van der Waals surface area contributed by atoms with Crippen molar-refractivity contribution >= 4 is 17.2 Å². The first-order chi connectivity index (χ1) is 13.2. The van der Waals surface area contributed by atoms with E-state index in [1.54, 1.807) is 35.6 Å². The number of nitrogens with zero attached hydrogens (tertiary/aromatic N) is 2. The lowest BCUT2D eigenvalue weighted by Gasteiger charge is -2.28. The fraction of sp³-hybridized carbons (Fsp3) is 0.333. The van der Waals surface area contributed by atoms with Gasteiger partial charge in [-0.2, -0.15) is 0 Å². The van der Waals surface area contributed by atoms with Crippen LogP contribution in [-0.2, 0) is 11.2 Å². The number of phenolic OH excluding ortho intramolecular Hbond substituents is 1. The molecule has 0 aliphatic carbocycles. The zero-order valence-corrected chi connectivity index (χ0v) is 15.8. The van der Waals surface area contributed by atoms with Gasteiger partial charge in [-0.15, -0.1) is 11.3 Å². The minimum absolute atomic E-state index is 0.0467. The summed E-state index contributed by atoms with van der Waals surface area (Å²) in [6, 6.07) is 12.8.